The standard InChI is InChI=1S/C15H19N5O2S2/c1-2-22-14(21)18-6-8-19(9-7-18)15(23)24-11-12-10-20-5-3-4-16-13(20)17-12/h3-5,10H,2,6-9,11H2,1H3. The van der Waals surface area contributed by atoms with E-state index in [-0.39, 0.29) is 6.09 Å². The highest BCUT2D eigenvalue weighted by Crippen LogP contribution is 2.18. The summed E-state index contributed by atoms with van der Waals surface area (Å²) in [5, 5.41) is 0. The predicted molar refractivity (Wildman–Crippen MR) is 97.0 cm³/mol. The van der Waals surface area contributed by atoms with Crippen molar-refractivity contribution in [2.75, 3.05) is 32.8 Å². The smallest absolute Gasteiger partial charge is 0.409 e. The van der Waals surface area contributed by atoms with Crippen molar-refractivity contribution in [1.82, 2.24) is 24.2 Å². The fraction of sp³-hybridized carbons (Fsp3) is 0.467. The molecule has 0 N–H and O–H groups in total. The van der Waals surface area contributed by atoms with Gasteiger partial charge in [-0.1, -0.05) is 24.0 Å². The number of carbonyl (C=O) groups excluding carboxylic acids is 1. The SMILES string of the molecule is CCOC(=O)N1CCN(C(=S)SCc2cn3cccnc3n2)CC1. The van der Waals surface area contributed by atoms with Crippen LogP contribution in [0.4, 0.5) is 4.79 Å². The van der Waals surface area contributed by atoms with Crippen LogP contribution in [0.25, 0.3) is 5.78 Å². The summed E-state index contributed by atoms with van der Waals surface area (Å²) in [6, 6.07) is 1.87. The largest absolute Gasteiger partial charge is 0.450 e. The second-order valence-corrected chi connectivity index (χ2v) is 6.90. The van der Waals surface area contributed by atoms with Crippen molar-refractivity contribution in [2.45, 2.75) is 12.7 Å². The Balaban J connectivity index is 1.48. The van der Waals surface area contributed by atoms with Crippen LogP contribution >= 0.6 is 24.0 Å². The predicted octanol–water partition coefficient (Wildman–Crippen LogP) is 2.02. The highest BCUT2D eigenvalue weighted by Gasteiger charge is 2.23. The number of carbonyl (C=O) groups is 1. The molecule has 0 spiro atoms. The zero-order chi connectivity index (χ0) is 16.9. The van der Waals surface area contributed by atoms with E-state index in [1.165, 1.54) is 0 Å². The third-order valence-electron chi connectivity index (χ3n) is 3.69. The monoisotopic (exact) mass is 365 g/mol. The minimum atomic E-state index is -0.243. The summed E-state index contributed by atoms with van der Waals surface area (Å²) < 4.78 is 7.76. The van der Waals surface area contributed by atoms with Gasteiger partial charge in [0.25, 0.3) is 0 Å². The Morgan fingerprint density at radius 1 is 1.33 bits per heavy atom. The molecule has 0 saturated carbocycles. The molecule has 1 aliphatic heterocycles. The second kappa shape index (κ2) is 7.80. The number of hydrogen-bond donors (Lipinski definition) is 0. The van der Waals surface area contributed by atoms with E-state index in [1.807, 2.05) is 29.8 Å². The molecule has 2 aromatic rings. The molecule has 1 aliphatic rings. The lowest BCUT2D eigenvalue weighted by Gasteiger charge is -2.35. The van der Waals surface area contributed by atoms with E-state index < -0.39 is 0 Å². The number of ether oxygens (including phenoxy) is 1. The highest BCUT2D eigenvalue weighted by molar-refractivity contribution is 8.22. The van der Waals surface area contributed by atoms with Crippen molar-refractivity contribution in [3.05, 3.63) is 30.4 Å². The summed E-state index contributed by atoms with van der Waals surface area (Å²) in [6.07, 6.45) is 5.38. The van der Waals surface area contributed by atoms with Gasteiger partial charge in [-0.2, -0.15) is 0 Å². The molecule has 1 fully saturated rings. The summed E-state index contributed by atoms with van der Waals surface area (Å²) in [4.78, 5) is 24.2. The maximum absolute atomic E-state index is 11.7. The molecule has 0 aliphatic carbocycles. The van der Waals surface area contributed by atoms with Gasteiger partial charge in [0.2, 0.25) is 5.78 Å². The molecule has 1 amide bonds. The van der Waals surface area contributed by atoms with E-state index in [9.17, 15) is 4.79 Å². The first-order chi connectivity index (χ1) is 11.7. The normalized spacial score (nSPS) is 14.9. The summed E-state index contributed by atoms with van der Waals surface area (Å²) in [5.41, 5.74) is 0.950. The minimum Gasteiger partial charge on any atom is -0.450 e. The van der Waals surface area contributed by atoms with Gasteiger partial charge in [0.15, 0.2) is 0 Å². The highest BCUT2D eigenvalue weighted by atomic mass is 32.2. The second-order valence-electron chi connectivity index (χ2n) is 5.29. The lowest BCUT2D eigenvalue weighted by molar-refractivity contribution is 0.0927. The molecule has 24 heavy (non-hydrogen) atoms. The summed E-state index contributed by atoms with van der Waals surface area (Å²) in [7, 11) is 0. The van der Waals surface area contributed by atoms with E-state index in [1.54, 1.807) is 22.9 Å². The quantitative estimate of drug-likeness (QED) is 0.771. The molecule has 0 aromatic carbocycles. The van der Waals surface area contributed by atoms with E-state index in [2.05, 4.69) is 14.9 Å². The van der Waals surface area contributed by atoms with Gasteiger partial charge in [0.05, 0.1) is 12.3 Å². The average molecular weight is 365 g/mol. The maximum Gasteiger partial charge on any atom is 0.409 e. The first kappa shape index (κ1) is 17.0. The Morgan fingerprint density at radius 2 is 2.08 bits per heavy atom. The average Bonchev–Trinajstić information content (AvgIpc) is 3.03. The van der Waals surface area contributed by atoms with Crippen LogP contribution in [0.2, 0.25) is 0 Å². The van der Waals surface area contributed by atoms with Crippen molar-refractivity contribution in [3.8, 4) is 0 Å². The van der Waals surface area contributed by atoms with Gasteiger partial charge in [-0.15, -0.1) is 0 Å². The van der Waals surface area contributed by atoms with Gasteiger partial charge in [0.1, 0.15) is 4.32 Å². The molecule has 128 valence electrons. The number of piperazine rings is 1. The van der Waals surface area contributed by atoms with Crippen LogP contribution in [-0.4, -0.2) is 67.4 Å². The fourth-order valence-corrected chi connectivity index (χ4v) is 3.60. The molecule has 0 unspecified atom stereocenters. The number of nitrogens with zero attached hydrogens (tertiary/aromatic N) is 5. The van der Waals surface area contributed by atoms with Gasteiger partial charge in [0, 0.05) is 50.5 Å². The number of hydrogen-bond acceptors (Lipinski definition) is 6. The molecule has 0 radical (unpaired) electrons. The molecule has 1 saturated heterocycles. The third-order valence-corrected chi connectivity index (χ3v) is 5.25. The van der Waals surface area contributed by atoms with Gasteiger partial charge in [-0.05, 0) is 13.0 Å². The third kappa shape index (κ3) is 3.96. The fourth-order valence-electron chi connectivity index (χ4n) is 2.46. The van der Waals surface area contributed by atoms with Crippen molar-refractivity contribution in [3.63, 3.8) is 0 Å². The van der Waals surface area contributed by atoms with Crippen molar-refractivity contribution in [2.24, 2.45) is 0 Å². The van der Waals surface area contributed by atoms with Crippen molar-refractivity contribution < 1.29 is 9.53 Å². The molecule has 3 rings (SSSR count). The van der Waals surface area contributed by atoms with E-state index >= 15 is 0 Å². The van der Waals surface area contributed by atoms with Crippen LogP contribution in [0.1, 0.15) is 12.6 Å². The van der Waals surface area contributed by atoms with E-state index in [4.69, 9.17) is 17.0 Å². The Labute approximate surface area is 150 Å². The number of fused-ring (bicyclic) bond motifs is 1. The number of aromatic nitrogens is 3. The van der Waals surface area contributed by atoms with Gasteiger partial charge in [-0.3, -0.25) is 4.40 Å². The molecule has 2 aromatic heterocycles. The van der Waals surface area contributed by atoms with E-state index in [0.29, 0.717) is 31.2 Å². The lowest BCUT2D eigenvalue weighted by atomic mass is 10.3. The van der Waals surface area contributed by atoms with Gasteiger partial charge in [-0.25, -0.2) is 14.8 Å². The zero-order valence-electron chi connectivity index (χ0n) is 13.4. The summed E-state index contributed by atoms with van der Waals surface area (Å²) >= 11 is 7.10. The molecule has 7 nitrogen and oxygen atoms in total. The van der Waals surface area contributed by atoms with Crippen LogP contribution < -0.4 is 0 Å². The number of thioether (sulfide) groups is 1. The molecule has 0 atom stereocenters. The van der Waals surface area contributed by atoms with Crippen molar-refractivity contribution in [1.29, 1.82) is 0 Å². The Kier molecular flexibility index (Phi) is 5.52. The first-order valence-electron chi connectivity index (χ1n) is 7.79. The minimum absolute atomic E-state index is 0.243. The van der Waals surface area contributed by atoms with Crippen LogP contribution in [0.5, 0.6) is 0 Å². The van der Waals surface area contributed by atoms with Gasteiger partial charge >= 0.3 is 6.09 Å². The van der Waals surface area contributed by atoms with Crippen LogP contribution in [0.15, 0.2) is 24.7 Å². The number of imidazole rings is 1. The van der Waals surface area contributed by atoms with E-state index in [0.717, 1.165) is 23.1 Å². The molecular formula is C15H19N5O2S2. The topological polar surface area (TPSA) is 63.0 Å². The zero-order valence-corrected chi connectivity index (χ0v) is 15.1. The van der Waals surface area contributed by atoms with Crippen LogP contribution in [0.3, 0.4) is 0 Å². The lowest BCUT2D eigenvalue weighted by Crippen LogP contribution is -2.49. The van der Waals surface area contributed by atoms with Crippen molar-refractivity contribution >= 4 is 40.2 Å². The van der Waals surface area contributed by atoms with Crippen LogP contribution in [0, 0.1) is 0 Å². The maximum atomic E-state index is 11.7. The molecule has 9 heteroatoms. The molecular weight excluding hydrogens is 346 g/mol. The van der Waals surface area contributed by atoms with Crippen LogP contribution in [-0.2, 0) is 10.5 Å². The van der Waals surface area contributed by atoms with Gasteiger partial charge < -0.3 is 14.5 Å². The Hall–Kier alpha value is -1.87. The first-order valence-corrected chi connectivity index (χ1v) is 9.18. The number of thiocarbonyl (C=S) groups is 1. The summed E-state index contributed by atoms with van der Waals surface area (Å²) in [5.74, 6) is 1.40. The Morgan fingerprint density at radius 3 is 2.79 bits per heavy atom. The number of amides is 1. The molecule has 0 bridgehead atoms. The molecule has 3 heterocycles. The number of rotatable bonds is 3. The summed E-state index contributed by atoms with van der Waals surface area (Å²) in [6.45, 7) is 4.96. The Bertz CT molecular complexity index is 694.